The molecule has 13 heteroatoms. The van der Waals surface area contributed by atoms with Crippen LogP contribution in [0.15, 0.2) is 53.4 Å². The summed E-state index contributed by atoms with van der Waals surface area (Å²) in [5, 5.41) is 23.3. The molecule has 1 fully saturated rings. The molecule has 11 nitrogen and oxygen atoms in total. The zero-order valence-corrected chi connectivity index (χ0v) is 17.8. The van der Waals surface area contributed by atoms with Crippen LogP contribution >= 0.6 is 11.6 Å². The fraction of sp³-hybridized carbons (Fsp3) is 0.278. The van der Waals surface area contributed by atoms with Gasteiger partial charge in [0.25, 0.3) is 5.69 Å². The van der Waals surface area contributed by atoms with Crippen molar-refractivity contribution in [3.05, 3.63) is 69.5 Å². The second-order valence-electron chi connectivity index (χ2n) is 6.91. The molecule has 1 saturated heterocycles. The molecule has 0 bridgehead atoms. The van der Waals surface area contributed by atoms with E-state index in [0.717, 1.165) is 5.69 Å². The van der Waals surface area contributed by atoms with Gasteiger partial charge in [0.1, 0.15) is 0 Å². The summed E-state index contributed by atoms with van der Waals surface area (Å²) in [6, 6.07) is 12.1. The van der Waals surface area contributed by atoms with Gasteiger partial charge in [0.15, 0.2) is 5.82 Å². The third kappa shape index (κ3) is 4.56. The van der Waals surface area contributed by atoms with Crippen molar-refractivity contribution >= 4 is 27.3 Å². The van der Waals surface area contributed by atoms with Crippen molar-refractivity contribution in [2.45, 2.75) is 11.4 Å². The van der Waals surface area contributed by atoms with Gasteiger partial charge in [0, 0.05) is 43.3 Å². The third-order valence-corrected chi connectivity index (χ3v) is 7.15. The smallest absolute Gasteiger partial charge is 0.269 e. The van der Waals surface area contributed by atoms with E-state index in [0.29, 0.717) is 43.6 Å². The maximum absolute atomic E-state index is 12.8. The van der Waals surface area contributed by atoms with Gasteiger partial charge in [-0.1, -0.05) is 11.6 Å². The number of rotatable bonds is 6. The van der Waals surface area contributed by atoms with Crippen LogP contribution < -0.4 is 0 Å². The molecule has 3 aromatic rings. The number of benzene rings is 2. The second-order valence-corrected chi connectivity index (χ2v) is 9.29. The third-order valence-electron chi connectivity index (χ3n) is 4.99. The highest BCUT2D eigenvalue weighted by Gasteiger charge is 2.29. The lowest BCUT2D eigenvalue weighted by Gasteiger charge is -2.33. The number of nitro benzene ring substituents is 1. The van der Waals surface area contributed by atoms with E-state index in [4.69, 9.17) is 11.6 Å². The van der Waals surface area contributed by atoms with E-state index in [1.54, 1.807) is 16.8 Å². The molecule has 0 radical (unpaired) electrons. The number of piperazine rings is 1. The fourth-order valence-electron chi connectivity index (χ4n) is 3.30. The first kappa shape index (κ1) is 21.3. The average Bonchev–Trinajstić information content (AvgIpc) is 3.23. The van der Waals surface area contributed by atoms with Crippen LogP contribution in [0.5, 0.6) is 0 Å². The molecule has 0 saturated carbocycles. The van der Waals surface area contributed by atoms with Gasteiger partial charge in [-0.3, -0.25) is 15.0 Å². The lowest BCUT2D eigenvalue weighted by atomic mass is 10.3. The molecule has 0 aliphatic carbocycles. The maximum atomic E-state index is 12.8. The van der Waals surface area contributed by atoms with Crippen LogP contribution in [-0.2, 0) is 16.6 Å². The van der Waals surface area contributed by atoms with Crippen LogP contribution in [0.25, 0.3) is 5.69 Å². The highest BCUT2D eigenvalue weighted by Crippen LogP contribution is 2.21. The van der Waals surface area contributed by atoms with E-state index in [-0.39, 0.29) is 10.6 Å². The summed E-state index contributed by atoms with van der Waals surface area (Å²) in [5.41, 5.74) is 0.631. The van der Waals surface area contributed by atoms with Crippen molar-refractivity contribution in [2.75, 3.05) is 26.2 Å². The van der Waals surface area contributed by atoms with Crippen LogP contribution in [0.4, 0.5) is 5.69 Å². The summed E-state index contributed by atoms with van der Waals surface area (Å²) in [4.78, 5) is 12.3. The number of nitrogens with zero attached hydrogens (tertiary/aromatic N) is 7. The molecule has 162 valence electrons. The van der Waals surface area contributed by atoms with Gasteiger partial charge in [-0.05, 0) is 46.8 Å². The Morgan fingerprint density at radius 2 is 1.65 bits per heavy atom. The molecule has 0 atom stereocenters. The molecule has 0 N–H and O–H groups in total. The van der Waals surface area contributed by atoms with Crippen LogP contribution in [0.1, 0.15) is 5.82 Å². The Balaban J connectivity index is 1.41. The molecule has 2 heterocycles. The van der Waals surface area contributed by atoms with E-state index in [1.165, 1.54) is 28.6 Å². The van der Waals surface area contributed by atoms with Crippen LogP contribution in [0, 0.1) is 10.1 Å². The Morgan fingerprint density at radius 3 is 2.26 bits per heavy atom. The number of halogens is 1. The number of sulfonamides is 1. The van der Waals surface area contributed by atoms with Gasteiger partial charge in [-0.25, -0.2) is 8.42 Å². The Hall–Kier alpha value is -2.93. The Kier molecular flexibility index (Phi) is 5.96. The predicted octanol–water partition coefficient (Wildman–Crippen LogP) is 1.73. The minimum absolute atomic E-state index is 0.0400. The topological polar surface area (TPSA) is 127 Å². The van der Waals surface area contributed by atoms with Gasteiger partial charge in [0.05, 0.1) is 22.1 Å². The minimum Gasteiger partial charge on any atom is -0.293 e. The molecule has 4 rings (SSSR count). The molecule has 0 spiro atoms. The Bertz CT molecular complexity index is 1170. The number of hydrogen-bond acceptors (Lipinski definition) is 8. The summed E-state index contributed by atoms with van der Waals surface area (Å²) in [5.74, 6) is 0.633. The average molecular weight is 464 g/mol. The number of nitro groups is 1. The first-order valence-electron chi connectivity index (χ1n) is 9.35. The van der Waals surface area contributed by atoms with E-state index >= 15 is 0 Å². The zero-order valence-electron chi connectivity index (χ0n) is 16.2. The molecule has 1 aliphatic rings. The van der Waals surface area contributed by atoms with Gasteiger partial charge in [-0.15, -0.1) is 5.10 Å². The number of aromatic nitrogens is 4. The van der Waals surface area contributed by atoms with E-state index < -0.39 is 14.9 Å². The highest BCUT2D eigenvalue weighted by atomic mass is 35.5. The monoisotopic (exact) mass is 463 g/mol. The summed E-state index contributed by atoms with van der Waals surface area (Å²) >= 11 is 5.93. The number of tetrazole rings is 1. The molecule has 1 aromatic heterocycles. The lowest BCUT2D eigenvalue weighted by molar-refractivity contribution is -0.384. The van der Waals surface area contributed by atoms with Crippen molar-refractivity contribution in [3.8, 4) is 5.69 Å². The second kappa shape index (κ2) is 8.67. The van der Waals surface area contributed by atoms with Crippen molar-refractivity contribution in [1.82, 2.24) is 29.4 Å². The summed E-state index contributed by atoms with van der Waals surface area (Å²) in [6.45, 7) is 2.05. The molecular weight excluding hydrogens is 446 g/mol. The van der Waals surface area contributed by atoms with Gasteiger partial charge in [-0.2, -0.15) is 8.99 Å². The predicted molar refractivity (Wildman–Crippen MR) is 111 cm³/mol. The molecule has 1 aliphatic heterocycles. The van der Waals surface area contributed by atoms with Gasteiger partial charge in [0.2, 0.25) is 10.0 Å². The van der Waals surface area contributed by atoms with E-state index in [9.17, 15) is 18.5 Å². The first-order chi connectivity index (χ1) is 14.8. The Labute approximate surface area is 183 Å². The SMILES string of the molecule is O=[N+]([O-])c1ccc(S(=O)(=O)N2CCN(Cc3nnnn3-c3ccc(Cl)cc3)CC2)cc1. The van der Waals surface area contributed by atoms with Crippen molar-refractivity contribution < 1.29 is 13.3 Å². The van der Waals surface area contributed by atoms with Crippen molar-refractivity contribution in [2.24, 2.45) is 0 Å². The largest absolute Gasteiger partial charge is 0.293 e. The van der Waals surface area contributed by atoms with Crippen LogP contribution in [0.3, 0.4) is 0 Å². The molecule has 0 unspecified atom stereocenters. The fourth-order valence-corrected chi connectivity index (χ4v) is 4.85. The van der Waals surface area contributed by atoms with Gasteiger partial charge < -0.3 is 0 Å². The van der Waals surface area contributed by atoms with E-state index in [2.05, 4.69) is 20.4 Å². The van der Waals surface area contributed by atoms with Crippen molar-refractivity contribution in [3.63, 3.8) is 0 Å². The normalized spacial score (nSPS) is 15.8. The molecule has 31 heavy (non-hydrogen) atoms. The molecule has 0 amide bonds. The molecular formula is C18H18ClN7O4S. The summed E-state index contributed by atoms with van der Waals surface area (Å²) < 4.78 is 28.7. The van der Waals surface area contributed by atoms with E-state index in [1.807, 2.05) is 12.1 Å². The minimum atomic E-state index is -3.72. The number of hydrogen-bond donors (Lipinski definition) is 0. The summed E-state index contributed by atoms with van der Waals surface area (Å²) in [7, 11) is -3.72. The van der Waals surface area contributed by atoms with Crippen molar-refractivity contribution in [1.29, 1.82) is 0 Å². The number of non-ortho nitro benzene ring substituents is 1. The zero-order chi connectivity index (χ0) is 22.0. The quantitative estimate of drug-likeness (QED) is 0.399. The molecule has 2 aromatic carbocycles. The van der Waals surface area contributed by atoms with Crippen LogP contribution in [0.2, 0.25) is 5.02 Å². The maximum Gasteiger partial charge on any atom is 0.269 e. The van der Waals surface area contributed by atoms with Crippen LogP contribution in [-0.4, -0.2) is 68.9 Å². The Morgan fingerprint density at radius 1 is 1.00 bits per heavy atom. The lowest BCUT2D eigenvalue weighted by Crippen LogP contribution is -2.48. The first-order valence-corrected chi connectivity index (χ1v) is 11.2. The highest BCUT2D eigenvalue weighted by molar-refractivity contribution is 7.89. The van der Waals surface area contributed by atoms with Gasteiger partial charge >= 0.3 is 0 Å². The standard InChI is InChI=1S/C18H18ClN7O4S/c19-14-1-3-15(4-2-14)25-18(20-21-22-25)13-23-9-11-24(12-10-23)31(29,30)17-7-5-16(6-8-17)26(27)28/h1-8H,9-13H2. The summed E-state index contributed by atoms with van der Waals surface area (Å²) in [6.07, 6.45) is 0.